The number of halogens is 1. The Hall–Kier alpha value is -2.30. The number of nitrogens with one attached hydrogen (secondary N) is 1. The van der Waals surface area contributed by atoms with E-state index < -0.39 is 0 Å². The fourth-order valence-electron chi connectivity index (χ4n) is 3.63. The van der Waals surface area contributed by atoms with E-state index in [2.05, 4.69) is 45.5 Å². The highest BCUT2D eigenvalue weighted by Gasteiger charge is 2.30. The molecule has 0 saturated carbocycles. The second kappa shape index (κ2) is 7.52. The molecule has 1 heterocycles. The van der Waals surface area contributed by atoms with Gasteiger partial charge in [-0.3, -0.25) is 9.69 Å². The van der Waals surface area contributed by atoms with Crippen molar-refractivity contribution in [3.05, 3.63) is 71.4 Å². The van der Waals surface area contributed by atoms with Gasteiger partial charge >= 0.3 is 0 Å². The van der Waals surface area contributed by atoms with Crippen LogP contribution in [-0.4, -0.2) is 42.9 Å². The van der Waals surface area contributed by atoms with Crippen LogP contribution in [0.15, 0.2) is 66.4 Å². The lowest BCUT2D eigenvalue weighted by atomic mass is 10.1. The van der Waals surface area contributed by atoms with Crippen molar-refractivity contribution in [2.45, 2.75) is 12.5 Å². The summed E-state index contributed by atoms with van der Waals surface area (Å²) in [7, 11) is 0. The molecule has 4 rings (SSSR count). The number of carbonyl (C=O) groups excluding carboxylic acids is 1. The number of anilines is 2. The SMILES string of the molecule is O=C1CC(N2CCN(c3ccccc3)CC2)C=C1Nc1ccc(Cl)cc1. The molecule has 1 fully saturated rings. The van der Waals surface area contributed by atoms with Gasteiger partial charge in [0.05, 0.1) is 5.70 Å². The van der Waals surface area contributed by atoms with Crippen LogP contribution in [-0.2, 0) is 4.79 Å². The lowest BCUT2D eigenvalue weighted by Crippen LogP contribution is -2.49. The van der Waals surface area contributed by atoms with Crippen LogP contribution in [0.4, 0.5) is 11.4 Å². The van der Waals surface area contributed by atoms with E-state index in [-0.39, 0.29) is 11.8 Å². The van der Waals surface area contributed by atoms with Crippen LogP contribution in [0.2, 0.25) is 5.02 Å². The summed E-state index contributed by atoms with van der Waals surface area (Å²) >= 11 is 5.92. The number of nitrogens with zero attached hydrogens (tertiary/aromatic N) is 2. The summed E-state index contributed by atoms with van der Waals surface area (Å²) in [6.45, 7) is 3.92. The Bertz CT molecular complexity index is 796. The maximum Gasteiger partial charge on any atom is 0.180 e. The predicted octanol–water partition coefficient (Wildman–Crippen LogP) is 3.80. The highest BCUT2D eigenvalue weighted by atomic mass is 35.5. The maximum atomic E-state index is 12.4. The fraction of sp³-hybridized carbons (Fsp3) is 0.286. The Morgan fingerprint density at radius 2 is 1.62 bits per heavy atom. The van der Waals surface area contributed by atoms with E-state index in [0.717, 1.165) is 31.9 Å². The Morgan fingerprint density at radius 1 is 0.923 bits per heavy atom. The van der Waals surface area contributed by atoms with Crippen molar-refractivity contribution >= 4 is 28.8 Å². The fourth-order valence-corrected chi connectivity index (χ4v) is 3.76. The normalized spacial score (nSPS) is 21.0. The summed E-state index contributed by atoms with van der Waals surface area (Å²) in [4.78, 5) is 17.2. The second-order valence-corrected chi connectivity index (χ2v) is 7.20. The third kappa shape index (κ3) is 3.76. The average molecular weight is 368 g/mol. The Balaban J connectivity index is 1.37. The molecule has 0 bridgehead atoms. The van der Waals surface area contributed by atoms with Crippen molar-refractivity contribution in [2.75, 3.05) is 36.4 Å². The molecule has 2 aromatic rings. The minimum absolute atomic E-state index is 0.176. The number of benzene rings is 2. The minimum Gasteiger partial charge on any atom is -0.369 e. The van der Waals surface area contributed by atoms with Gasteiger partial charge in [-0.15, -0.1) is 0 Å². The molecule has 1 saturated heterocycles. The van der Waals surface area contributed by atoms with Crippen molar-refractivity contribution < 1.29 is 4.79 Å². The summed E-state index contributed by atoms with van der Waals surface area (Å²) in [5.74, 6) is 0.176. The zero-order valence-corrected chi connectivity index (χ0v) is 15.3. The standard InChI is InChI=1S/C21H22ClN3O/c22-16-6-8-17(9-7-16)23-20-14-19(15-21(20)26)25-12-10-24(11-13-25)18-4-2-1-3-5-18/h1-9,14,19,23H,10-13,15H2. The van der Waals surface area contributed by atoms with Gasteiger partial charge in [-0.05, 0) is 42.5 Å². The predicted molar refractivity (Wildman–Crippen MR) is 107 cm³/mol. The third-order valence-electron chi connectivity index (χ3n) is 5.08. The molecule has 0 spiro atoms. The first-order valence-corrected chi connectivity index (χ1v) is 9.38. The maximum absolute atomic E-state index is 12.4. The topological polar surface area (TPSA) is 35.6 Å². The molecule has 1 atom stereocenters. The van der Waals surface area contributed by atoms with Gasteiger partial charge in [0.15, 0.2) is 5.78 Å². The van der Waals surface area contributed by atoms with Gasteiger partial charge in [0.1, 0.15) is 0 Å². The largest absolute Gasteiger partial charge is 0.369 e. The molecule has 1 unspecified atom stereocenters. The lowest BCUT2D eigenvalue weighted by molar-refractivity contribution is -0.115. The van der Waals surface area contributed by atoms with E-state index in [0.29, 0.717) is 17.1 Å². The van der Waals surface area contributed by atoms with E-state index in [1.807, 2.05) is 30.3 Å². The van der Waals surface area contributed by atoms with E-state index in [1.165, 1.54) is 5.69 Å². The number of para-hydroxylation sites is 1. The summed E-state index contributed by atoms with van der Waals surface area (Å²) in [6.07, 6.45) is 2.64. The van der Waals surface area contributed by atoms with Gasteiger partial charge in [0.2, 0.25) is 0 Å². The molecule has 0 radical (unpaired) electrons. The molecule has 1 aliphatic heterocycles. The number of piperazine rings is 1. The van der Waals surface area contributed by atoms with Crippen molar-refractivity contribution in [2.24, 2.45) is 0 Å². The van der Waals surface area contributed by atoms with Crippen LogP contribution in [0, 0.1) is 0 Å². The van der Waals surface area contributed by atoms with Gasteiger partial charge in [0, 0.05) is 55.0 Å². The zero-order chi connectivity index (χ0) is 17.9. The summed E-state index contributed by atoms with van der Waals surface area (Å²) in [5, 5.41) is 3.93. The van der Waals surface area contributed by atoms with Crippen molar-refractivity contribution in [3.63, 3.8) is 0 Å². The number of hydrogen-bond acceptors (Lipinski definition) is 4. The summed E-state index contributed by atoms with van der Waals surface area (Å²) in [5.41, 5.74) is 2.86. The first kappa shape index (κ1) is 17.1. The van der Waals surface area contributed by atoms with Crippen LogP contribution < -0.4 is 10.2 Å². The van der Waals surface area contributed by atoms with Crippen LogP contribution in [0.1, 0.15) is 6.42 Å². The van der Waals surface area contributed by atoms with Gasteiger partial charge in [0.25, 0.3) is 0 Å². The Morgan fingerprint density at radius 3 is 2.31 bits per heavy atom. The Kier molecular flexibility index (Phi) is 4.96. The highest BCUT2D eigenvalue weighted by Crippen LogP contribution is 2.25. The highest BCUT2D eigenvalue weighted by molar-refractivity contribution is 6.30. The number of hydrogen-bond donors (Lipinski definition) is 1. The van der Waals surface area contributed by atoms with E-state index in [4.69, 9.17) is 11.6 Å². The first-order chi connectivity index (χ1) is 12.7. The number of ketones is 1. The van der Waals surface area contributed by atoms with Crippen LogP contribution in [0.25, 0.3) is 0 Å². The number of Topliss-reactive ketones (excluding diaryl/α,β-unsaturated/α-hetero) is 1. The lowest BCUT2D eigenvalue weighted by Gasteiger charge is -2.38. The molecule has 1 N–H and O–H groups in total. The van der Waals surface area contributed by atoms with Crippen LogP contribution in [0.5, 0.6) is 0 Å². The smallest absolute Gasteiger partial charge is 0.180 e. The van der Waals surface area contributed by atoms with Crippen LogP contribution >= 0.6 is 11.6 Å². The van der Waals surface area contributed by atoms with Gasteiger partial charge in [-0.2, -0.15) is 0 Å². The molecule has 134 valence electrons. The average Bonchev–Trinajstić information content (AvgIpc) is 3.05. The second-order valence-electron chi connectivity index (χ2n) is 6.77. The number of carbonyl (C=O) groups is 1. The molecular weight excluding hydrogens is 346 g/mol. The molecular formula is C21H22ClN3O. The molecule has 4 nitrogen and oxygen atoms in total. The van der Waals surface area contributed by atoms with Crippen molar-refractivity contribution in [3.8, 4) is 0 Å². The van der Waals surface area contributed by atoms with E-state index in [9.17, 15) is 4.79 Å². The molecule has 2 aliphatic rings. The van der Waals surface area contributed by atoms with Crippen LogP contribution in [0.3, 0.4) is 0 Å². The number of rotatable bonds is 4. The van der Waals surface area contributed by atoms with Gasteiger partial charge in [-0.1, -0.05) is 29.8 Å². The molecule has 0 aromatic heterocycles. The zero-order valence-electron chi connectivity index (χ0n) is 14.6. The number of allylic oxidation sites excluding steroid dienone is 1. The molecule has 5 heteroatoms. The van der Waals surface area contributed by atoms with E-state index >= 15 is 0 Å². The first-order valence-electron chi connectivity index (χ1n) is 9.01. The molecule has 1 aliphatic carbocycles. The Labute approximate surface area is 159 Å². The molecule has 0 amide bonds. The molecule has 2 aromatic carbocycles. The quantitative estimate of drug-likeness (QED) is 0.891. The van der Waals surface area contributed by atoms with Gasteiger partial charge in [-0.25, -0.2) is 0 Å². The van der Waals surface area contributed by atoms with Gasteiger partial charge < -0.3 is 10.2 Å². The monoisotopic (exact) mass is 367 g/mol. The van der Waals surface area contributed by atoms with Crippen molar-refractivity contribution in [1.82, 2.24) is 4.90 Å². The minimum atomic E-state index is 0.176. The summed E-state index contributed by atoms with van der Waals surface area (Å²) in [6, 6.07) is 18.1. The molecule has 26 heavy (non-hydrogen) atoms. The van der Waals surface area contributed by atoms with E-state index in [1.54, 1.807) is 0 Å². The summed E-state index contributed by atoms with van der Waals surface area (Å²) < 4.78 is 0. The van der Waals surface area contributed by atoms with Crippen molar-refractivity contribution in [1.29, 1.82) is 0 Å². The third-order valence-corrected chi connectivity index (χ3v) is 5.33.